The molecule has 0 saturated carbocycles. The Morgan fingerprint density at radius 3 is 2.69 bits per heavy atom. The Balaban J connectivity index is 1.98. The first-order chi connectivity index (χ1) is 7.83. The zero-order chi connectivity index (χ0) is 11.6. The number of esters is 1. The second-order valence-electron chi connectivity index (χ2n) is 3.67. The molecule has 0 radical (unpaired) electrons. The Labute approximate surface area is 96.8 Å². The van der Waals surface area contributed by atoms with Crippen molar-refractivity contribution in [2.45, 2.75) is 19.3 Å². The van der Waals surface area contributed by atoms with Gasteiger partial charge in [0.1, 0.15) is 0 Å². The SMILES string of the molecule is COC(=O)CCCNCCc1ccccc1. The van der Waals surface area contributed by atoms with Crippen molar-refractivity contribution in [1.29, 1.82) is 0 Å². The quantitative estimate of drug-likeness (QED) is 0.563. The molecule has 16 heavy (non-hydrogen) atoms. The molecule has 0 amide bonds. The van der Waals surface area contributed by atoms with E-state index in [0.29, 0.717) is 6.42 Å². The summed E-state index contributed by atoms with van der Waals surface area (Å²) in [6.07, 6.45) is 2.36. The third-order valence-electron chi connectivity index (χ3n) is 2.40. The minimum atomic E-state index is -0.134. The van der Waals surface area contributed by atoms with Crippen molar-refractivity contribution in [3.63, 3.8) is 0 Å². The van der Waals surface area contributed by atoms with Crippen molar-refractivity contribution in [2.75, 3.05) is 20.2 Å². The highest BCUT2D eigenvalue weighted by Gasteiger charge is 1.98. The Kier molecular flexibility index (Phi) is 6.26. The summed E-state index contributed by atoms with van der Waals surface area (Å²) in [6, 6.07) is 10.4. The average Bonchev–Trinajstić information content (AvgIpc) is 2.34. The van der Waals surface area contributed by atoms with E-state index >= 15 is 0 Å². The molecule has 0 bridgehead atoms. The molecule has 0 aromatic heterocycles. The Hall–Kier alpha value is -1.35. The van der Waals surface area contributed by atoms with Crippen LogP contribution in [0.1, 0.15) is 18.4 Å². The van der Waals surface area contributed by atoms with Crippen molar-refractivity contribution >= 4 is 5.97 Å². The smallest absolute Gasteiger partial charge is 0.305 e. The van der Waals surface area contributed by atoms with Gasteiger partial charge in [-0.15, -0.1) is 0 Å². The normalized spacial score (nSPS) is 10.1. The molecule has 1 N–H and O–H groups in total. The van der Waals surface area contributed by atoms with E-state index in [4.69, 9.17) is 0 Å². The van der Waals surface area contributed by atoms with Gasteiger partial charge in [0.05, 0.1) is 7.11 Å². The number of methoxy groups -OCH3 is 1. The predicted octanol–water partition coefficient (Wildman–Crippen LogP) is 1.77. The maximum atomic E-state index is 10.8. The molecule has 0 aliphatic rings. The number of nitrogens with one attached hydrogen (secondary N) is 1. The second-order valence-corrected chi connectivity index (χ2v) is 3.67. The molecule has 0 aliphatic heterocycles. The molecule has 0 saturated heterocycles. The van der Waals surface area contributed by atoms with Gasteiger partial charge in [0.15, 0.2) is 0 Å². The van der Waals surface area contributed by atoms with Crippen LogP contribution in [0.4, 0.5) is 0 Å². The van der Waals surface area contributed by atoms with Gasteiger partial charge in [0, 0.05) is 6.42 Å². The minimum absolute atomic E-state index is 0.134. The van der Waals surface area contributed by atoms with Crippen LogP contribution < -0.4 is 5.32 Å². The maximum Gasteiger partial charge on any atom is 0.305 e. The summed E-state index contributed by atoms with van der Waals surface area (Å²) in [6.45, 7) is 1.81. The van der Waals surface area contributed by atoms with Crippen molar-refractivity contribution < 1.29 is 9.53 Å². The summed E-state index contributed by atoms with van der Waals surface area (Å²) in [5.41, 5.74) is 1.34. The van der Waals surface area contributed by atoms with E-state index < -0.39 is 0 Å². The number of ether oxygens (including phenoxy) is 1. The highest BCUT2D eigenvalue weighted by atomic mass is 16.5. The molecular weight excluding hydrogens is 202 g/mol. The van der Waals surface area contributed by atoms with Gasteiger partial charge in [-0.05, 0) is 31.5 Å². The zero-order valence-corrected chi connectivity index (χ0v) is 9.74. The molecule has 0 aliphatic carbocycles. The monoisotopic (exact) mass is 221 g/mol. The van der Waals surface area contributed by atoms with Gasteiger partial charge in [-0.2, -0.15) is 0 Å². The topological polar surface area (TPSA) is 38.3 Å². The number of carbonyl (C=O) groups is 1. The van der Waals surface area contributed by atoms with E-state index in [1.807, 2.05) is 18.2 Å². The lowest BCUT2D eigenvalue weighted by Gasteiger charge is -2.04. The molecule has 0 spiro atoms. The number of rotatable bonds is 7. The first-order valence-corrected chi connectivity index (χ1v) is 5.64. The van der Waals surface area contributed by atoms with Crippen LogP contribution in [0, 0.1) is 0 Å². The summed E-state index contributed by atoms with van der Waals surface area (Å²) >= 11 is 0. The number of hydrogen-bond donors (Lipinski definition) is 1. The van der Waals surface area contributed by atoms with Gasteiger partial charge in [0.25, 0.3) is 0 Å². The van der Waals surface area contributed by atoms with Crippen LogP contribution in [0.25, 0.3) is 0 Å². The summed E-state index contributed by atoms with van der Waals surface area (Å²) in [5.74, 6) is -0.134. The lowest BCUT2D eigenvalue weighted by Crippen LogP contribution is -2.19. The molecular formula is C13H19NO2. The largest absolute Gasteiger partial charge is 0.469 e. The van der Waals surface area contributed by atoms with E-state index in [-0.39, 0.29) is 5.97 Å². The Morgan fingerprint density at radius 2 is 2.00 bits per heavy atom. The van der Waals surface area contributed by atoms with E-state index in [1.54, 1.807) is 0 Å². The third kappa shape index (κ3) is 5.51. The molecule has 0 atom stereocenters. The van der Waals surface area contributed by atoms with Crippen LogP contribution in [-0.4, -0.2) is 26.2 Å². The molecule has 3 nitrogen and oxygen atoms in total. The van der Waals surface area contributed by atoms with Gasteiger partial charge in [-0.3, -0.25) is 4.79 Å². The standard InChI is InChI=1S/C13H19NO2/c1-16-13(15)8-5-10-14-11-9-12-6-3-2-4-7-12/h2-4,6-7,14H,5,8-11H2,1H3. The fourth-order valence-electron chi connectivity index (χ4n) is 1.46. The molecule has 1 aromatic carbocycles. The molecule has 1 aromatic rings. The van der Waals surface area contributed by atoms with Gasteiger partial charge in [-0.1, -0.05) is 30.3 Å². The van der Waals surface area contributed by atoms with Crippen LogP contribution >= 0.6 is 0 Å². The Bertz CT molecular complexity index is 298. The van der Waals surface area contributed by atoms with Gasteiger partial charge in [0.2, 0.25) is 0 Å². The number of carbonyl (C=O) groups excluding carboxylic acids is 1. The van der Waals surface area contributed by atoms with E-state index in [0.717, 1.165) is 25.9 Å². The lowest BCUT2D eigenvalue weighted by atomic mass is 10.1. The van der Waals surface area contributed by atoms with E-state index in [2.05, 4.69) is 22.2 Å². The molecule has 0 unspecified atom stereocenters. The predicted molar refractivity (Wildman–Crippen MR) is 64.3 cm³/mol. The molecule has 3 heteroatoms. The first-order valence-electron chi connectivity index (χ1n) is 5.64. The van der Waals surface area contributed by atoms with Crippen LogP contribution in [0.5, 0.6) is 0 Å². The van der Waals surface area contributed by atoms with Gasteiger partial charge < -0.3 is 10.1 Å². The number of hydrogen-bond acceptors (Lipinski definition) is 3. The van der Waals surface area contributed by atoms with E-state index in [1.165, 1.54) is 12.7 Å². The molecule has 1 rings (SSSR count). The third-order valence-corrected chi connectivity index (χ3v) is 2.40. The second kappa shape index (κ2) is 7.88. The van der Waals surface area contributed by atoms with Crippen LogP contribution in [0.15, 0.2) is 30.3 Å². The molecule has 0 heterocycles. The molecule has 0 fully saturated rings. The van der Waals surface area contributed by atoms with Gasteiger partial charge in [-0.25, -0.2) is 0 Å². The van der Waals surface area contributed by atoms with E-state index in [9.17, 15) is 4.79 Å². The van der Waals surface area contributed by atoms with Crippen LogP contribution in [0.2, 0.25) is 0 Å². The summed E-state index contributed by atoms with van der Waals surface area (Å²) in [4.78, 5) is 10.8. The van der Waals surface area contributed by atoms with Gasteiger partial charge >= 0.3 is 5.97 Å². The van der Waals surface area contributed by atoms with Crippen molar-refractivity contribution in [2.24, 2.45) is 0 Å². The summed E-state index contributed by atoms with van der Waals surface area (Å²) in [5, 5.41) is 3.31. The van der Waals surface area contributed by atoms with Crippen molar-refractivity contribution in [1.82, 2.24) is 5.32 Å². The highest BCUT2D eigenvalue weighted by molar-refractivity contribution is 5.69. The maximum absolute atomic E-state index is 10.8. The van der Waals surface area contributed by atoms with Crippen molar-refractivity contribution in [3.05, 3.63) is 35.9 Å². The first kappa shape index (κ1) is 12.7. The summed E-state index contributed by atoms with van der Waals surface area (Å²) < 4.78 is 4.56. The minimum Gasteiger partial charge on any atom is -0.469 e. The van der Waals surface area contributed by atoms with Crippen LogP contribution in [-0.2, 0) is 16.0 Å². The zero-order valence-electron chi connectivity index (χ0n) is 9.74. The fraction of sp³-hybridized carbons (Fsp3) is 0.462. The molecule has 88 valence electrons. The summed E-state index contributed by atoms with van der Waals surface area (Å²) in [7, 11) is 1.42. The van der Waals surface area contributed by atoms with Crippen molar-refractivity contribution in [3.8, 4) is 0 Å². The fourth-order valence-corrected chi connectivity index (χ4v) is 1.46. The van der Waals surface area contributed by atoms with Crippen LogP contribution in [0.3, 0.4) is 0 Å². The lowest BCUT2D eigenvalue weighted by molar-refractivity contribution is -0.140. The Morgan fingerprint density at radius 1 is 1.25 bits per heavy atom. The average molecular weight is 221 g/mol. The number of benzene rings is 1. The highest BCUT2D eigenvalue weighted by Crippen LogP contribution is 1.98.